The number of nitriles is 1. The highest BCUT2D eigenvalue weighted by atomic mass is 32.2. The number of carbonyl (C=O) groups excluding carboxylic acids is 1. The summed E-state index contributed by atoms with van der Waals surface area (Å²) < 4.78 is 44.1. The smallest absolute Gasteiger partial charge is 0.338 e. The van der Waals surface area contributed by atoms with Crippen LogP contribution in [0.25, 0.3) is 0 Å². The average Bonchev–Trinajstić information content (AvgIpc) is 2.62. The standard InChI is InChI=1S/C18H13FN2O4S/c1-2-25-18(22)12-5-3-6-13(9-12)21-11-14(10-20)26(23,24)17-15(19)7-4-8-16(17)21/h3-9,11H,2H2,1H3. The monoisotopic (exact) mass is 372 g/mol. The molecule has 8 heteroatoms. The summed E-state index contributed by atoms with van der Waals surface area (Å²) in [7, 11) is -4.25. The van der Waals surface area contributed by atoms with E-state index in [0.29, 0.717) is 5.69 Å². The third-order valence-corrected chi connectivity index (χ3v) is 5.47. The van der Waals surface area contributed by atoms with Crippen LogP contribution in [0.1, 0.15) is 17.3 Å². The number of rotatable bonds is 3. The van der Waals surface area contributed by atoms with E-state index in [9.17, 15) is 22.9 Å². The molecule has 0 aromatic heterocycles. The van der Waals surface area contributed by atoms with E-state index in [2.05, 4.69) is 0 Å². The predicted molar refractivity (Wildman–Crippen MR) is 91.8 cm³/mol. The van der Waals surface area contributed by atoms with Crippen molar-refractivity contribution < 1.29 is 22.3 Å². The van der Waals surface area contributed by atoms with E-state index in [0.717, 1.165) is 12.3 Å². The van der Waals surface area contributed by atoms with Crippen LogP contribution < -0.4 is 4.90 Å². The zero-order valence-electron chi connectivity index (χ0n) is 13.6. The zero-order chi connectivity index (χ0) is 18.9. The number of esters is 1. The van der Waals surface area contributed by atoms with E-state index in [1.54, 1.807) is 31.2 Å². The molecule has 2 aromatic rings. The lowest BCUT2D eigenvalue weighted by atomic mass is 10.1. The quantitative estimate of drug-likeness (QED) is 0.769. The molecule has 132 valence electrons. The van der Waals surface area contributed by atoms with Crippen molar-refractivity contribution in [3.63, 3.8) is 0 Å². The van der Waals surface area contributed by atoms with Crippen LogP contribution >= 0.6 is 0 Å². The lowest BCUT2D eigenvalue weighted by molar-refractivity contribution is 0.0526. The average molecular weight is 372 g/mol. The normalized spacial score (nSPS) is 14.8. The number of allylic oxidation sites excluding steroid dienone is 1. The minimum atomic E-state index is -4.25. The molecular weight excluding hydrogens is 359 g/mol. The molecule has 1 aliphatic rings. The molecule has 1 aliphatic heterocycles. The maximum Gasteiger partial charge on any atom is 0.338 e. The van der Waals surface area contributed by atoms with Crippen molar-refractivity contribution in [2.75, 3.05) is 11.5 Å². The number of carbonyl (C=O) groups is 1. The Balaban J connectivity index is 2.21. The third-order valence-electron chi connectivity index (χ3n) is 3.76. The van der Waals surface area contributed by atoms with Gasteiger partial charge in [-0.05, 0) is 37.3 Å². The van der Waals surface area contributed by atoms with Gasteiger partial charge in [0.2, 0.25) is 9.84 Å². The molecule has 0 spiro atoms. The molecule has 0 saturated carbocycles. The SMILES string of the molecule is CCOC(=O)c1cccc(N2C=C(C#N)S(=O)(=O)c3c(F)cccc32)c1. The van der Waals surface area contributed by atoms with Crippen LogP contribution in [-0.2, 0) is 14.6 Å². The molecule has 0 atom stereocenters. The van der Waals surface area contributed by atoms with Crippen LogP contribution in [0.2, 0.25) is 0 Å². The third kappa shape index (κ3) is 2.82. The lowest BCUT2D eigenvalue weighted by Crippen LogP contribution is -2.22. The Labute approximate surface area is 149 Å². The topological polar surface area (TPSA) is 87.5 Å². The Morgan fingerprint density at radius 2 is 2.00 bits per heavy atom. The number of anilines is 2. The van der Waals surface area contributed by atoms with Crippen LogP contribution in [0.3, 0.4) is 0 Å². The van der Waals surface area contributed by atoms with E-state index in [1.165, 1.54) is 23.1 Å². The molecule has 1 heterocycles. The van der Waals surface area contributed by atoms with Crippen LogP contribution in [-0.4, -0.2) is 21.0 Å². The molecule has 2 aromatic carbocycles. The fourth-order valence-electron chi connectivity index (χ4n) is 2.62. The summed E-state index contributed by atoms with van der Waals surface area (Å²) in [5, 5.41) is 9.20. The van der Waals surface area contributed by atoms with E-state index in [1.807, 2.05) is 0 Å². The summed E-state index contributed by atoms with van der Waals surface area (Å²) in [6.45, 7) is 1.88. The molecule has 0 aliphatic carbocycles. The second kappa shape index (κ2) is 6.61. The van der Waals surface area contributed by atoms with E-state index in [-0.39, 0.29) is 17.9 Å². The highest BCUT2D eigenvalue weighted by Crippen LogP contribution is 2.40. The summed E-state index contributed by atoms with van der Waals surface area (Å²) in [5.74, 6) is -1.49. The second-order valence-electron chi connectivity index (χ2n) is 5.34. The van der Waals surface area contributed by atoms with Gasteiger partial charge in [-0.15, -0.1) is 0 Å². The predicted octanol–water partition coefficient (Wildman–Crippen LogP) is 3.29. The van der Waals surface area contributed by atoms with Gasteiger partial charge in [-0.2, -0.15) is 5.26 Å². The second-order valence-corrected chi connectivity index (χ2v) is 7.19. The first-order valence-corrected chi connectivity index (χ1v) is 9.10. The number of nitrogens with zero attached hydrogens (tertiary/aromatic N) is 2. The molecule has 0 fully saturated rings. The summed E-state index contributed by atoms with van der Waals surface area (Å²) in [6.07, 6.45) is 1.11. The van der Waals surface area contributed by atoms with Crippen molar-refractivity contribution in [1.29, 1.82) is 5.26 Å². The molecule has 0 N–H and O–H groups in total. The van der Waals surface area contributed by atoms with Gasteiger partial charge in [0.25, 0.3) is 0 Å². The van der Waals surface area contributed by atoms with E-state index < -0.39 is 31.4 Å². The lowest BCUT2D eigenvalue weighted by Gasteiger charge is -2.27. The summed E-state index contributed by atoms with van der Waals surface area (Å²) in [6, 6.07) is 11.6. The number of fused-ring (bicyclic) bond motifs is 1. The molecule has 3 rings (SSSR count). The molecule has 6 nitrogen and oxygen atoms in total. The maximum atomic E-state index is 14.3. The van der Waals surface area contributed by atoms with E-state index >= 15 is 0 Å². The van der Waals surface area contributed by atoms with Crippen molar-refractivity contribution in [2.45, 2.75) is 11.8 Å². The molecule has 0 bridgehead atoms. The first-order chi connectivity index (χ1) is 12.4. The van der Waals surface area contributed by atoms with Gasteiger partial charge in [0.05, 0.1) is 17.9 Å². The minimum absolute atomic E-state index is 0.0602. The Morgan fingerprint density at radius 1 is 1.27 bits per heavy atom. The summed E-state index contributed by atoms with van der Waals surface area (Å²) in [4.78, 5) is 12.1. The number of hydrogen-bond donors (Lipinski definition) is 0. The number of halogens is 1. The molecule has 26 heavy (non-hydrogen) atoms. The van der Waals surface area contributed by atoms with Gasteiger partial charge in [0.15, 0.2) is 4.91 Å². The molecule has 0 amide bonds. The van der Waals surface area contributed by atoms with Gasteiger partial charge in [-0.1, -0.05) is 12.1 Å². The van der Waals surface area contributed by atoms with E-state index in [4.69, 9.17) is 4.74 Å². The maximum absolute atomic E-state index is 14.3. The minimum Gasteiger partial charge on any atom is -0.462 e. The van der Waals surface area contributed by atoms with Gasteiger partial charge in [-0.25, -0.2) is 17.6 Å². The highest BCUT2D eigenvalue weighted by molar-refractivity contribution is 7.95. The fraction of sp³-hybridized carbons (Fsp3) is 0.111. The number of benzene rings is 2. The largest absolute Gasteiger partial charge is 0.462 e. The number of ether oxygens (including phenoxy) is 1. The highest BCUT2D eigenvalue weighted by Gasteiger charge is 2.35. The van der Waals surface area contributed by atoms with Crippen LogP contribution in [0.5, 0.6) is 0 Å². The Bertz CT molecular complexity index is 1070. The Kier molecular flexibility index (Phi) is 4.49. The first-order valence-electron chi connectivity index (χ1n) is 7.62. The Hall–Kier alpha value is -3.18. The van der Waals surface area contributed by atoms with Crippen molar-refractivity contribution in [2.24, 2.45) is 0 Å². The van der Waals surface area contributed by atoms with Gasteiger partial charge in [-0.3, -0.25) is 0 Å². The molecular formula is C18H13FN2O4S. The van der Waals surface area contributed by atoms with Gasteiger partial charge in [0, 0.05) is 11.9 Å². The number of sulfone groups is 1. The van der Waals surface area contributed by atoms with Gasteiger partial charge < -0.3 is 9.64 Å². The van der Waals surface area contributed by atoms with Crippen molar-refractivity contribution >= 4 is 27.2 Å². The fourth-order valence-corrected chi connectivity index (χ4v) is 3.97. The van der Waals surface area contributed by atoms with Crippen molar-refractivity contribution in [3.05, 3.63) is 65.0 Å². The van der Waals surface area contributed by atoms with Gasteiger partial charge >= 0.3 is 5.97 Å². The summed E-state index contributed by atoms with van der Waals surface area (Å²) >= 11 is 0. The first kappa shape index (κ1) is 17.6. The van der Waals surface area contributed by atoms with Crippen LogP contribution in [0.15, 0.2) is 58.5 Å². The van der Waals surface area contributed by atoms with Gasteiger partial charge in [0.1, 0.15) is 16.8 Å². The zero-order valence-corrected chi connectivity index (χ0v) is 14.5. The van der Waals surface area contributed by atoms with Crippen LogP contribution in [0, 0.1) is 17.1 Å². The number of hydrogen-bond acceptors (Lipinski definition) is 6. The summed E-state index contributed by atoms with van der Waals surface area (Å²) in [5.41, 5.74) is 0.706. The van der Waals surface area contributed by atoms with Crippen molar-refractivity contribution in [1.82, 2.24) is 0 Å². The molecule has 0 unspecified atom stereocenters. The van der Waals surface area contributed by atoms with Crippen molar-refractivity contribution in [3.8, 4) is 6.07 Å². The molecule has 0 saturated heterocycles. The Morgan fingerprint density at radius 3 is 2.69 bits per heavy atom. The molecule has 0 radical (unpaired) electrons. The van der Waals surface area contributed by atoms with Crippen LogP contribution in [0.4, 0.5) is 15.8 Å².